The van der Waals surface area contributed by atoms with E-state index in [2.05, 4.69) is 0 Å². The van der Waals surface area contributed by atoms with Crippen LogP contribution in [0.5, 0.6) is 5.75 Å². The standard InChI is InChI=1S/C17H18O3/c1-12-4-7-14(8-5-12)17(18)15-10-13(2)6-9-16(15)20-11-19-3/h4-10H,11H2,1-3H3. The van der Waals surface area contributed by atoms with Crippen LogP contribution < -0.4 is 4.74 Å². The van der Waals surface area contributed by atoms with E-state index in [1.165, 1.54) is 0 Å². The third-order valence-corrected chi connectivity index (χ3v) is 3.03. The number of carbonyl (C=O) groups is 1. The number of ketones is 1. The number of carbonyl (C=O) groups excluding carboxylic acids is 1. The molecule has 0 atom stereocenters. The summed E-state index contributed by atoms with van der Waals surface area (Å²) in [7, 11) is 1.55. The molecule has 0 saturated heterocycles. The average molecular weight is 270 g/mol. The van der Waals surface area contributed by atoms with E-state index in [0.29, 0.717) is 16.9 Å². The molecule has 20 heavy (non-hydrogen) atoms. The number of hydrogen-bond donors (Lipinski definition) is 0. The van der Waals surface area contributed by atoms with Crippen molar-refractivity contribution >= 4 is 5.78 Å². The quantitative estimate of drug-likeness (QED) is 0.616. The van der Waals surface area contributed by atoms with Crippen LogP contribution in [0.15, 0.2) is 42.5 Å². The van der Waals surface area contributed by atoms with Gasteiger partial charge in [0.1, 0.15) is 5.75 Å². The van der Waals surface area contributed by atoms with Crippen molar-refractivity contribution in [3.8, 4) is 5.75 Å². The highest BCUT2D eigenvalue weighted by Crippen LogP contribution is 2.23. The Morgan fingerprint density at radius 3 is 2.30 bits per heavy atom. The van der Waals surface area contributed by atoms with E-state index in [1.807, 2.05) is 50.2 Å². The SMILES string of the molecule is COCOc1ccc(C)cc1C(=O)c1ccc(C)cc1. The molecule has 0 fully saturated rings. The third kappa shape index (κ3) is 3.25. The molecule has 0 heterocycles. The van der Waals surface area contributed by atoms with Gasteiger partial charge in [-0.25, -0.2) is 0 Å². The highest BCUT2D eigenvalue weighted by molar-refractivity contribution is 6.10. The fourth-order valence-electron chi connectivity index (χ4n) is 1.93. The molecule has 0 amide bonds. The van der Waals surface area contributed by atoms with Crippen LogP contribution >= 0.6 is 0 Å². The lowest BCUT2D eigenvalue weighted by molar-refractivity contribution is 0.0503. The molecule has 2 aromatic rings. The zero-order valence-electron chi connectivity index (χ0n) is 12.0. The van der Waals surface area contributed by atoms with Crippen molar-refractivity contribution in [1.29, 1.82) is 0 Å². The maximum atomic E-state index is 12.6. The second-order valence-electron chi connectivity index (χ2n) is 4.75. The summed E-state index contributed by atoms with van der Waals surface area (Å²) in [5, 5.41) is 0. The van der Waals surface area contributed by atoms with E-state index in [0.717, 1.165) is 11.1 Å². The van der Waals surface area contributed by atoms with Gasteiger partial charge in [-0.3, -0.25) is 4.79 Å². The lowest BCUT2D eigenvalue weighted by Crippen LogP contribution is -2.07. The van der Waals surface area contributed by atoms with Gasteiger partial charge in [0.05, 0.1) is 5.56 Å². The third-order valence-electron chi connectivity index (χ3n) is 3.03. The van der Waals surface area contributed by atoms with Gasteiger partial charge in [-0.1, -0.05) is 41.5 Å². The first-order chi connectivity index (χ1) is 9.61. The average Bonchev–Trinajstić information content (AvgIpc) is 2.46. The monoisotopic (exact) mass is 270 g/mol. The van der Waals surface area contributed by atoms with E-state index in [4.69, 9.17) is 9.47 Å². The van der Waals surface area contributed by atoms with Gasteiger partial charge >= 0.3 is 0 Å². The molecule has 0 aliphatic heterocycles. The minimum absolute atomic E-state index is 0.0418. The van der Waals surface area contributed by atoms with E-state index in [9.17, 15) is 4.79 Å². The largest absolute Gasteiger partial charge is 0.467 e. The number of rotatable bonds is 5. The van der Waals surface area contributed by atoms with Gasteiger partial charge in [0, 0.05) is 12.7 Å². The maximum absolute atomic E-state index is 12.6. The number of ether oxygens (including phenoxy) is 2. The fraction of sp³-hybridized carbons (Fsp3) is 0.235. The van der Waals surface area contributed by atoms with Crippen LogP contribution in [-0.4, -0.2) is 19.7 Å². The normalized spacial score (nSPS) is 10.3. The number of benzene rings is 2. The summed E-state index contributed by atoms with van der Waals surface area (Å²) in [6.07, 6.45) is 0. The van der Waals surface area contributed by atoms with Crippen LogP contribution in [0, 0.1) is 13.8 Å². The highest BCUT2D eigenvalue weighted by Gasteiger charge is 2.15. The van der Waals surface area contributed by atoms with E-state index in [-0.39, 0.29) is 12.6 Å². The molecule has 2 rings (SSSR count). The van der Waals surface area contributed by atoms with Crippen LogP contribution in [0.25, 0.3) is 0 Å². The van der Waals surface area contributed by atoms with E-state index in [1.54, 1.807) is 13.2 Å². The summed E-state index contributed by atoms with van der Waals surface area (Å²) in [5.41, 5.74) is 3.36. The first-order valence-electron chi connectivity index (χ1n) is 6.45. The molecule has 3 heteroatoms. The Labute approximate surface area is 119 Å². The predicted molar refractivity (Wildman–Crippen MR) is 78.3 cm³/mol. The molecular formula is C17H18O3. The fourth-order valence-corrected chi connectivity index (χ4v) is 1.93. The van der Waals surface area contributed by atoms with Gasteiger partial charge in [-0.05, 0) is 26.0 Å². The van der Waals surface area contributed by atoms with Crippen LogP contribution in [0.2, 0.25) is 0 Å². The molecule has 0 N–H and O–H groups in total. The molecular weight excluding hydrogens is 252 g/mol. The lowest BCUT2D eigenvalue weighted by Gasteiger charge is -2.11. The van der Waals surface area contributed by atoms with Gasteiger partial charge < -0.3 is 9.47 Å². The van der Waals surface area contributed by atoms with Crippen LogP contribution in [-0.2, 0) is 4.74 Å². The highest BCUT2D eigenvalue weighted by atomic mass is 16.7. The molecule has 0 aliphatic rings. The minimum Gasteiger partial charge on any atom is -0.467 e. The van der Waals surface area contributed by atoms with Crippen LogP contribution in [0.3, 0.4) is 0 Å². The summed E-state index contributed by atoms with van der Waals surface area (Å²) < 4.78 is 10.4. The van der Waals surface area contributed by atoms with Gasteiger partial charge in [0.2, 0.25) is 0 Å². The Kier molecular flexibility index (Phi) is 4.53. The molecule has 0 unspecified atom stereocenters. The second kappa shape index (κ2) is 6.35. The van der Waals surface area contributed by atoms with E-state index >= 15 is 0 Å². The summed E-state index contributed by atoms with van der Waals surface area (Å²) in [4.78, 5) is 12.6. The summed E-state index contributed by atoms with van der Waals surface area (Å²) >= 11 is 0. The number of hydrogen-bond acceptors (Lipinski definition) is 3. The zero-order valence-corrected chi connectivity index (χ0v) is 12.0. The van der Waals surface area contributed by atoms with Crippen LogP contribution in [0.1, 0.15) is 27.0 Å². The van der Waals surface area contributed by atoms with Gasteiger partial charge in [0.15, 0.2) is 12.6 Å². The van der Waals surface area contributed by atoms with Gasteiger partial charge in [-0.2, -0.15) is 0 Å². The second-order valence-corrected chi connectivity index (χ2v) is 4.75. The molecule has 0 aliphatic carbocycles. The minimum atomic E-state index is -0.0418. The van der Waals surface area contributed by atoms with Crippen molar-refractivity contribution in [2.45, 2.75) is 13.8 Å². The summed E-state index contributed by atoms with van der Waals surface area (Å²) in [6, 6.07) is 13.1. The molecule has 0 saturated carbocycles. The van der Waals surface area contributed by atoms with Crippen molar-refractivity contribution < 1.29 is 14.3 Å². The molecule has 104 valence electrons. The van der Waals surface area contributed by atoms with Crippen molar-refractivity contribution in [2.75, 3.05) is 13.9 Å². The van der Waals surface area contributed by atoms with E-state index < -0.39 is 0 Å². The van der Waals surface area contributed by atoms with Gasteiger partial charge in [-0.15, -0.1) is 0 Å². The van der Waals surface area contributed by atoms with Crippen molar-refractivity contribution in [3.05, 3.63) is 64.7 Å². The predicted octanol–water partition coefficient (Wildman–Crippen LogP) is 3.52. The lowest BCUT2D eigenvalue weighted by atomic mass is 10.00. The molecule has 0 bridgehead atoms. The molecule has 3 nitrogen and oxygen atoms in total. The van der Waals surface area contributed by atoms with Crippen molar-refractivity contribution in [1.82, 2.24) is 0 Å². The molecule has 0 spiro atoms. The summed E-state index contributed by atoms with van der Waals surface area (Å²) in [5.74, 6) is 0.503. The van der Waals surface area contributed by atoms with Crippen molar-refractivity contribution in [2.24, 2.45) is 0 Å². The van der Waals surface area contributed by atoms with Crippen LogP contribution in [0.4, 0.5) is 0 Å². The van der Waals surface area contributed by atoms with Gasteiger partial charge in [0.25, 0.3) is 0 Å². The molecule has 2 aromatic carbocycles. The topological polar surface area (TPSA) is 35.5 Å². The Bertz CT molecular complexity index is 600. The number of aryl methyl sites for hydroxylation is 2. The molecule has 0 aromatic heterocycles. The Morgan fingerprint density at radius 1 is 1.00 bits per heavy atom. The summed E-state index contributed by atoms with van der Waals surface area (Å²) in [6.45, 7) is 4.07. The first kappa shape index (κ1) is 14.3. The maximum Gasteiger partial charge on any atom is 0.196 e. The Morgan fingerprint density at radius 2 is 1.65 bits per heavy atom. The number of methoxy groups -OCH3 is 1. The zero-order chi connectivity index (χ0) is 14.5. The Balaban J connectivity index is 2.37. The van der Waals surface area contributed by atoms with Crippen molar-refractivity contribution in [3.63, 3.8) is 0 Å². The smallest absolute Gasteiger partial charge is 0.196 e. The first-order valence-corrected chi connectivity index (χ1v) is 6.45. The molecule has 0 radical (unpaired) electrons. The Hall–Kier alpha value is -2.13.